The van der Waals surface area contributed by atoms with E-state index < -0.39 is 17.5 Å². The summed E-state index contributed by atoms with van der Waals surface area (Å²) in [6.07, 6.45) is -2.39. The second kappa shape index (κ2) is 10.2. The highest BCUT2D eigenvalue weighted by atomic mass is 19.4. The van der Waals surface area contributed by atoms with Gasteiger partial charge in [0.1, 0.15) is 11.6 Å². The van der Waals surface area contributed by atoms with Gasteiger partial charge in [-0.25, -0.2) is 0 Å². The lowest BCUT2D eigenvalue weighted by Crippen LogP contribution is -2.45. The van der Waals surface area contributed by atoms with Gasteiger partial charge in [0.25, 0.3) is 0 Å². The highest BCUT2D eigenvalue weighted by Gasteiger charge is 2.31. The van der Waals surface area contributed by atoms with Crippen LogP contribution in [-0.2, 0) is 10.9 Å². The average molecular weight is 466 g/mol. The number of phenols is 1. The van der Waals surface area contributed by atoms with Gasteiger partial charge in [-0.2, -0.15) is 13.2 Å². The number of likely N-dealkylation sites (tertiary alicyclic amines) is 1. The van der Waals surface area contributed by atoms with Gasteiger partial charge in [-0.3, -0.25) is 0 Å². The van der Waals surface area contributed by atoms with Crippen LogP contribution in [0.5, 0.6) is 5.75 Å². The first-order valence-electron chi connectivity index (χ1n) is 11.3. The molecule has 33 heavy (non-hydrogen) atoms. The molecular weight excluding hydrogens is 435 g/mol. The van der Waals surface area contributed by atoms with E-state index in [4.69, 9.17) is 4.74 Å². The van der Waals surface area contributed by atoms with E-state index in [1.54, 1.807) is 6.92 Å². The van der Waals surface area contributed by atoms with Crippen LogP contribution in [0.4, 0.5) is 19.0 Å². The molecule has 3 N–H and O–H groups in total. The lowest BCUT2D eigenvalue weighted by atomic mass is 10.0. The third kappa shape index (κ3) is 6.13. The number of aromatic hydroxyl groups is 1. The second-order valence-electron chi connectivity index (χ2n) is 8.88. The first-order chi connectivity index (χ1) is 15.8. The van der Waals surface area contributed by atoms with Crippen molar-refractivity contribution < 1.29 is 23.0 Å². The van der Waals surface area contributed by atoms with Gasteiger partial charge in [-0.15, -0.1) is 10.2 Å². The largest absolute Gasteiger partial charge is 0.507 e. The number of nitrogens with zero attached hydrogens (tertiary/aromatic N) is 3. The summed E-state index contributed by atoms with van der Waals surface area (Å²) < 4.78 is 43.8. The Balaban J connectivity index is 1.33. The molecule has 1 aromatic carbocycles. The Morgan fingerprint density at radius 3 is 2.70 bits per heavy atom. The molecule has 0 spiro atoms. The van der Waals surface area contributed by atoms with Crippen LogP contribution in [-0.4, -0.2) is 72.2 Å². The number of nitrogens with one attached hydrogen (secondary N) is 2. The Hall–Kier alpha value is -2.43. The molecule has 0 unspecified atom stereocenters. The smallest absolute Gasteiger partial charge is 0.416 e. The van der Waals surface area contributed by atoms with Crippen molar-refractivity contribution in [3.63, 3.8) is 0 Å². The molecule has 1 atom stereocenters. The summed E-state index contributed by atoms with van der Waals surface area (Å²) in [6, 6.07) is 4.95. The zero-order chi connectivity index (χ0) is 23.4. The summed E-state index contributed by atoms with van der Waals surface area (Å²) >= 11 is 0. The maximum atomic E-state index is 12.9. The van der Waals surface area contributed by atoms with Gasteiger partial charge < -0.3 is 25.4 Å². The lowest BCUT2D eigenvalue weighted by Gasteiger charge is -2.33. The molecule has 0 aliphatic carbocycles. The number of aryl methyl sites for hydroxylation is 1. The summed E-state index contributed by atoms with van der Waals surface area (Å²) in [5.74, 6) is 0.803. The van der Waals surface area contributed by atoms with Gasteiger partial charge in [0.05, 0.1) is 24.5 Å². The second-order valence-corrected chi connectivity index (χ2v) is 8.88. The maximum Gasteiger partial charge on any atom is 0.416 e. The molecule has 2 aromatic rings. The van der Waals surface area contributed by atoms with Crippen molar-refractivity contribution in [2.75, 3.05) is 51.3 Å². The number of ether oxygens (including phenoxy) is 1. The Labute approximate surface area is 191 Å². The van der Waals surface area contributed by atoms with E-state index in [0.29, 0.717) is 23.5 Å². The summed E-state index contributed by atoms with van der Waals surface area (Å²) in [7, 11) is 0. The Morgan fingerprint density at radius 2 is 2.03 bits per heavy atom. The molecule has 1 aromatic heterocycles. The first-order valence-corrected chi connectivity index (χ1v) is 11.3. The van der Waals surface area contributed by atoms with Crippen LogP contribution in [0.15, 0.2) is 24.3 Å². The minimum absolute atomic E-state index is 0.226. The van der Waals surface area contributed by atoms with Crippen LogP contribution in [0, 0.1) is 12.8 Å². The number of aromatic nitrogens is 2. The molecule has 3 heterocycles. The Morgan fingerprint density at radius 1 is 1.21 bits per heavy atom. The van der Waals surface area contributed by atoms with E-state index in [2.05, 4.69) is 25.7 Å². The molecule has 0 amide bonds. The number of alkyl halides is 3. The van der Waals surface area contributed by atoms with E-state index >= 15 is 0 Å². The summed E-state index contributed by atoms with van der Waals surface area (Å²) in [4.78, 5) is 2.43. The molecule has 4 rings (SSSR count). The quantitative estimate of drug-likeness (QED) is 0.516. The van der Waals surface area contributed by atoms with E-state index in [-0.39, 0.29) is 11.6 Å². The topological polar surface area (TPSA) is 82.5 Å². The zero-order valence-corrected chi connectivity index (χ0v) is 18.7. The highest BCUT2D eigenvalue weighted by molar-refractivity contribution is 5.70. The summed E-state index contributed by atoms with van der Waals surface area (Å²) in [6.45, 7) is 8.46. The number of piperidine rings is 1. The fourth-order valence-electron chi connectivity index (χ4n) is 4.26. The molecule has 2 fully saturated rings. The molecule has 180 valence electrons. The van der Waals surface area contributed by atoms with E-state index in [0.717, 1.165) is 70.4 Å². The number of phenolic OH excluding ortho intramolecular Hbond substituents is 1. The van der Waals surface area contributed by atoms with Crippen LogP contribution in [0.1, 0.15) is 24.0 Å². The van der Waals surface area contributed by atoms with E-state index in [9.17, 15) is 18.3 Å². The number of rotatable bonds is 8. The van der Waals surface area contributed by atoms with Crippen molar-refractivity contribution in [1.82, 2.24) is 20.4 Å². The van der Waals surface area contributed by atoms with E-state index in [1.807, 2.05) is 6.07 Å². The van der Waals surface area contributed by atoms with Crippen molar-refractivity contribution in [3.8, 4) is 17.0 Å². The Bertz CT molecular complexity index is 952. The van der Waals surface area contributed by atoms with Crippen LogP contribution in [0.3, 0.4) is 0 Å². The van der Waals surface area contributed by atoms with Crippen molar-refractivity contribution in [3.05, 3.63) is 35.4 Å². The maximum absolute atomic E-state index is 12.9. The fraction of sp³-hybridized carbons (Fsp3) is 0.565. The molecule has 7 nitrogen and oxygen atoms in total. The van der Waals surface area contributed by atoms with Crippen molar-refractivity contribution in [1.29, 1.82) is 0 Å². The molecule has 2 aliphatic heterocycles. The lowest BCUT2D eigenvalue weighted by molar-refractivity contribution is -0.137. The Kier molecular flexibility index (Phi) is 7.35. The first kappa shape index (κ1) is 23.7. The standard InChI is InChI=1S/C23H30F3N5O2/c1-15-9-21(29-30-22(15)19-5-4-17(10-20(19)32)23(24,25)26)28-18-3-2-7-31(12-18)8-6-27-11-16-13-33-14-16/h4-5,9-10,16,18,27,32H,2-3,6-8,11-14H2,1H3,(H,28,29)/t18-/m1/s1. The molecule has 10 heteroatoms. The number of hydrogen-bond acceptors (Lipinski definition) is 7. The van der Waals surface area contributed by atoms with Crippen LogP contribution >= 0.6 is 0 Å². The van der Waals surface area contributed by atoms with E-state index in [1.165, 1.54) is 6.07 Å². The van der Waals surface area contributed by atoms with Crippen LogP contribution in [0.2, 0.25) is 0 Å². The number of hydrogen-bond donors (Lipinski definition) is 3. The average Bonchev–Trinajstić information content (AvgIpc) is 2.72. The molecule has 2 saturated heterocycles. The predicted molar refractivity (Wildman–Crippen MR) is 119 cm³/mol. The van der Waals surface area contributed by atoms with Gasteiger partial charge in [-0.05, 0) is 56.1 Å². The third-order valence-corrected chi connectivity index (χ3v) is 6.17. The minimum Gasteiger partial charge on any atom is -0.507 e. The third-order valence-electron chi connectivity index (χ3n) is 6.17. The number of benzene rings is 1. The minimum atomic E-state index is -4.51. The fourth-order valence-corrected chi connectivity index (χ4v) is 4.26. The SMILES string of the molecule is Cc1cc(N[C@@H]2CCCN(CCNCC3COC3)C2)nnc1-c1ccc(C(F)(F)F)cc1O. The zero-order valence-electron chi connectivity index (χ0n) is 18.7. The molecular formula is C23H30F3N5O2. The predicted octanol–water partition coefficient (Wildman–Crippen LogP) is 3.29. The summed E-state index contributed by atoms with van der Waals surface area (Å²) in [5.41, 5.74) is 0.408. The van der Waals surface area contributed by atoms with Gasteiger partial charge in [-0.1, -0.05) is 0 Å². The number of anilines is 1. The van der Waals surface area contributed by atoms with Gasteiger partial charge >= 0.3 is 6.18 Å². The number of halogens is 3. The van der Waals surface area contributed by atoms with Crippen molar-refractivity contribution in [2.45, 2.75) is 32.0 Å². The van der Waals surface area contributed by atoms with Crippen molar-refractivity contribution in [2.24, 2.45) is 5.92 Å². The van der Waals surface area contributed by atoms with Crippen molar-refractivity contribution >= 4 is 5.82 Å². The molecule has 0 bridgehead atoms. The molecule has 0 radical (unpaired) electrons. The molecule has 2 aliphatic rings. The van der Waals surface area contributed by atoms with Gasteiger partial charge in [0, 0.05) is 43.7 Å². The van der Waals surface area contributed by atoms with Gasteiger partial charge in [0.15, 0.2) is 0 Å². The summed E-state index contributed by atoms with van der Waals surface area (Å²) in [5, 5.41) is 25.5. The van der Waals surface area contributed by atoms with Crippen LogP contribution < -0.4 is 10.6 Å². The monoisotopic (exact) mass is 465 g/mol. The molecule has 0 saturated carbocycles. The van der Waals surface area contributed by atoms with Crippen LogP contribution in [0.25, 0.3) is 11.3 Å². The normalized spacial score (nSPS) is 19.9. The van der Waals surface area contributed by atoms with Gasteiger partial charge in [0.2, 0.25) is 0 Å². The highest BCUT2D eigenvalue weighted by Crippen LogP contribution is 2.36.